The highest BCUT2D eigenvalue weighted by Gasteiger charge is 2.27. The fourth-order valence-electron chi connectivity index (χ4n) is 3.70. The van der Waals surface area contributed by atoms with Crippen molar-refractivity contribution in [3.05, 3.63) is 96.1 Å². The second-order valence-electron chi connectivity index (χ2n) is 7.28. The van der Waals surface area contributed by atoms with Gasteiger partial charge in [0.05, 0.1) is 17.8 Å². The van der Waals surface area contributed by atoms with E-state index in [0.29, 0.717) is 11.4 Å². The minimum absolute atomic E-state index is 0.107. The van der Waals surface area contributed by atoms with Crippen molar-refractivity contribution in [2.24, 2.45) is 0 Å². The molecule has 0 radical (unpaired) electrons. The number of nitrogens with zero attached hydrogens (tertiary/aromatic N) is 1. The van der Waals surface area contributed by atoms with Crippen molar-refractivity contribution in [2.45, 2.75) is 12.3 Å². The van der Waals surface area contributed by atoms with Crippen LogP contribution in [-0.4, -0.2) is 30.9 Å². The molecule has 2 amide bonds. The zero-order chi connectivity index (χ0) is 21.6. The summed E-state index contributed by atoms with van der Waals surface area (Å²) in [5.74, 6) is -1.37. The molecule has 0 bridgehead atoms. The number of nitrogens with one attached hydrogen (secondary N) is 1. The van der Waals surface area contributed by atoms with Gasteiger partial charge in [-0.05, 0) is 23.3 Å². The van der Waals surface area contributed by atoms with Crippen molar-refractivity contribution in [2.75, 3.05) is 23.4 Å². The maximum atomic E-state index is 12.7. The first-order valence-corrected chi connectivity index (χ1v) is 10.1. The molecule has 0 unspecified atom stereocenters. The van der Waals surface area contributed by atoms with Crippen LogP contribution in [0.4, 0.5) is 11.4 Å². The molecule has 0 saturated carbocycles. The van der Waals surface area contributed by atoms with Gasteiger partial charge in [0, 0.05) is 5.92 Å². The van der Waals surface area contributed by atoms with Gasteiger partial charge in [-0.3, -0.25) is 19.3 Å². The van der Waals surface area contributed by atoms with E-state index in [1.807, 2.05) is 60.7 Å². The maximum absolute atomic E-state index is 12.7. The second-order valence-corrected chi connectivity index (χ2v) is 7.28. The third-order valence-electron chi connectivity index (χ3n) is 5.20. The summed E-state index contributed by atoms with van der Waals surface area (Å²) in [6.45, 7) is -0.527. The molecule has 0 spiro atoms. The highest BCUT2D eigenvalue weighted by atomic mass is 16.5. The minimum atomic E-state index is -0.471. The molecule has 0 saturated heterocycles. The van der Waals surface area contributed by atoms with Crippen LogP contribution < -0.4 is 10.2 Å². The highest BCUT2D eigenvalue weighted by Crippen LogP contribution is 2.30. The number of hydrogen-bond acceptors (Lipinski definition) is 4. The van der Waals surface area contributed by atoms with Gasteiger partial charge in [-0.25, -0.2) is 0 Å². The summed E-state index contributed by atoms with van der Waals surface area (Å²) in [7, 11) is 0. The minimum Gasteiger partial charge on any atom is -0.456 e. The van der Waals surface area contributed by atoms with Gasteiger partial charge in [-0.1, -0.05) is 72.8 Å². The van der Waals surface area contributed by atoms with Gasteiger partial charge in [0.2, 0.25) is 5.91 Å². The highest BCUT2D eigenvalue weighted by molar-refractivity contribution is 6.10. The lowest BCUT2D eigenvalue weighted by molar-refractivity contribution is -0.148. The normalized spacial score (nSPS) is 12.8. The number of carbonyl (C=O) groups is 3. The number of ether oxygens (including phenoxy) is 1. The van der Waals surface area contributed by atoms with Gasteiger partial charge >= 0.3 is 5.97 Å². The number of para-hydroxylation sites is 2. The number of carbonyl (C=O) groups excluding carboxylic acids is 3. The standard InChI is InChI=1S/C25H22N2O4/c28-23-16-27(22-14-8-7-13-21(22)26-23)24(29)17-31-25(30)15-20(18-9-3-1-4-10-18)19-11-5-2-6-12-19/h1-14,20H,15-17H2,(H,26,28). The quantitative estimate of drug-likeness (QED) is 0.624. The summed E-state index contributed by atoms with van der Waals surface area (Å²) in [5, 5.41) is 2.73. The zero-order valence-corrected chi connectivity index (χ0v) is 16.9. The monoisotopic (exact) mass is 414 g/mol. The molecule has 3 aromatic rings. The topological polar surface area (TPSA) is 75.7 Å². The van der Waals surface area contributed by atoms with Crippen LogP contribution in [0.2, 0.25) is 0 Å². The Bertz CT molecular complexity index is 1040. The average molecular weight is 414 g/mol. The first-order valence-electron chi connectivity index (χ1n) is 10.1. The first kappa shape index (κ1) is 20.3. The van der Waals surface area contributed by atoms with E-state index in [4.69, 9.17) is 4.74 Å². The Labute approximate surface area is 180 Å². The zero-order valence-electron chi connectivity index (χ0n) is 16.9. The molecule has 156 valence electrons. The van der Waals surface area contributed by atoms with Crippen LogP contribution in [0, 0.1) is 0 Å². The average Bonchev–Trinajstić information content (AvgIpc) is 2.81. The Balaban J connectivity index is 1.43. The second kappa shape index (κ2) is 9.26. The third-order valence-corrected chi connectivity index (χ3v) is 5.20. The van der Waals surface area contributed by atoms with Gasteiger partial charge < -0.3 is 10.1 Å². The smallest absolute Gasteiger partial charge is 0.307 e. The molecule has 0 fully saturated rings. The van der Waals surface area contributed by atoms with Crippen LogP contribution >= 0.6 is 0 Å². The number of benzene rings is 3. The van der Waals surface area contributed by atoms with E-state index in [2.05, 4.69) is 5.32 Å². The fourth-order valence-corrected chi connectivity index (χ4v) is 3.70. The molecule has 0 aromatic heterocycles. The van der Waals surface area contributed by atoms with Gasteiger partial charge in [0.25, 0.3) is 5.91 Å². The molecule has 1 aliphatic rings. The van der Waals surface area contributed by atoms with E-state index in [0.717, 1.165) is 11.1 Å². The number of hydrogen-bond donors (Lipinski definition) is 1. The van der Waals surface area contributed by atoms with Crippen molar-refractivity contribution >= 4 is 29.2 Å². The summed E-state index contributed by atoms with van der Waals surface area (Å²) in [6, 6.07) is 26.5. The summed E-state index contributed by atoms with van der Waals surface area (Å²) < 4.78 is 5.32. The van der Waals surface area contributed by atoms with Gasteiger partial charge in [-0.2, -0.15) is 0 Å². The summed E-state index contributed by atoms with van der Waals surface area (Å²) >= 11 is 0. The molecule has 6 nitrogen and oxygen atoms in total. The molecular formula is C25H22N2O4. The number of esters is 1. The van der Waals surface area contributed by atoms with Gasteiger partial charge in [0.15, 0.2) is 6.61 Å². The van der Waals surface area contributed by atoms with Crippen LogP contribution in [-0.2, 0) is 19.1 Å². The first-order chi connectivity index (χ1) is 15.1. The number of anilines is 2. The summed E-state index contributed by atoms with van der Waals surface area (Å²) in [6.07, 6.45) is 0.110. The van der Waals surface area contributed by atoms with E-state index in [1.54, 1.807) is 24.3 Å². The molecule has 4 rings (SSSR count). The number of fused-ring (bicyclic) bond motifs is 1. The predicted octanol–water partition coefficient (Wildman–Crippen LogP) is 3.74. The molecular weight excluding hydrogens is 392 g/mol. The molecule has 3 aromatic carbocycles. The molecule has 31 heavy (non-hydrogen) atoms. The molecule has 0 atom stereocenters. The molecule has 6 heteroatoms. The van der Waals surface area contributed by atoms with Gasteiger partial charge in [-0.15, -0.1) is 0 Å². The van der Waals surface area contributed by atoms with E-state index >= 15 is 0 Å². The van der Waals surface area contributed by atoms with E-state index < -0.39 is 18.5 Å². The van der Waals surface area contributed by atoms with Crippen molar-refractivity contribution in [1.82, 2.24) is 0 Å². The number of rotatable bonds is 6. The van der Waals surface area contributed by atoms with Crippen molar-refractivity contribution in [3.63, 3.8) is 0 Å². The van der Waals surface area contributed by atoms with Crippen molar-refractivity contribution < 1.29 is 19.1 Å². The summed E-state index contributed by atoms with van der Waals surface area (Å²) in [4.78, 5) is 38.6. The fraction of sp³-hybridized carbons (Fsp3) is 0.160. The Morgan fingerprint density at radius 3 is 2.10 bits per heavy atom. The Kier molecular flexibility index (Phi) is 6.08. The van der Waals surface area contributed by atoms with Crippen LogP contribution in [0.25, 0.3) is 0 Å². The van der Waals surface area contributed by atoms with E-state index in [-0.39, 0.29) is 24.8 Å². The lowest BCUT2D eigenvalue weighted by Gasteiger charge is -2.29. The molecule has 1 aliphatic heterocycles. The lowest BCUT2D eigenvalue weighted by Crippen LogP contribution is -2.44. The third kappa shape index (κ3) is 4.80. The lowest BCUT2D eigenvalue weighted by atomic mass is 9.89. The largest absolute Gasteiger partial charge is 0.456 e. The van der Waals surface area contributed by atoms with Crippen molar-refractivity contribution in [3.8, 4) is 0 Å². The Morgan fingerprint density at radius 1 is 0.871 bits per heavy atom. The van der Waals surface area contributed by atoms with Crippen LogP contribution in [0.3, 0.4) is 0 Å². The van der Waals surface area contributed by atoms with Crippen LogP contribution in [0.15, 0.2) is 84.9 Å². The number of amides is 2. The predicted molar refractivity (Wildman–Crippen MR) is 118 cm³/mol. The summed E-state index contributed by atoms with van der Waals surface area (Å²) in [5.41, 5.74) is 3.15. The SMILES string of the molecule is O=C1CN(C(=O)COC(=O)CC(c2ccccc2)c2ccccc2)c2ccccc2N1. The van der Waals surface area contributed by atoms with Crippen LogP contribution in [0.1, 0.15) is 23.5 Å². The van der Waals surface area contributed by atoms with Gasteiger partial charge in [0.1, 0.15) is 6.54 Å². The molecule has 1 N–H and O–H groups in total. The molecule has 1 heterocycles. The Morgan fingerprint density at radius 2 is 1.45 bits per heavy atom. The molecule has 0 aliphatic carbocycles. The van der Waals surface area contributed by atoms with Crippen LogP contribution in [0.5, 0.6) is 0 Å². The van der Waals surface area contributed by atoms with E-state index in [9.17, 15) is 14.4 Å². The van der Waals surface area contributed by atoms with E-state index in [1.165, 1.54) is 4.90 Å². The Hall–Kier alpha value is -3.93. The maximum Gasteiger partial charge on any atom is 0.307 e. The van der Waals surface area contributed by atoms with Crippen molar-refractivity contribution in [1.29, 1.82) is 0 Å².